The lowest BCUT2D eigenvalue weighted by atomic mass is 9.92. The van der Waals surface area contributed by atoms with Crippen LogP contribution in [0.3, 0.4) is 0 Å². The lowest BCUT2D eigenvalue weighted by molar-refractivity contribution is 0.0696. The molecule has 5 nitrogen and oxygen atoms in total. The first-order valence-corrected chi connectivity index (χ1v) is 6.41. The van der Waals surface area contributed by atoms with Crippen LogP contribution in [0.4, 0.5) is 5.82 Å². The second-order valence-corrected chi connectivity index (χ2v) is 5.87. The molecule has 1 aromatic heterocycles. The molecule has 2 rings (SSSR count). The van der Waals surface area contributed by atoms with E-state index in [4.69, 9.17) is 5.73 Å². The van der Waals surface area contributed by atoms with Crippen molar-refractivity contribution in [2.24, 2.45) is 0 Å². The molecule has 0 radical (unpaired) electrons. The Morgan fingerprint density at radius 3 is 2.50 bits per heavy atom. The van der Waals surface area contributed by atoms with E-state index in [-0.39, 0.29) is 11.0 Å². The van der Waals surface area contributed by atoms with Crippen molar-refractivity contribution in [3.8, 4) is 5.69 Å². The van der Waals surface area contributed by atoms with E-state index < -0.39 is 5.97 Å². The van der Waals surface area contributed by atoms with Gasteiger partial charge in [-0.2, -0.15) is 5.10 Å². The summed E-state index contributed by atoms with van der Waals surface area (Å²) < 4.78 is 1.60. The molecular weight excluding hydrogens is 254 g/mol. The molecule has 0 amide bonds. The van der Waals surface area contributed by atoms with Gasteiger partial charge in [-0.1, -0.05) is 26.8 Å². The number of nitrogens with two attached hydrogens (primary N) is 1. The van der Waals surface area contributed by atoms with E-state index in [1.807, 2.05) is 12.1 Å². The number of carboxylic acids is 1. The van der Waals surface area contributed by atoms with Gasteiger partial charge in [0.05, 0.1) is 16.9 Å². The van der Waals surface area contributed by atoms with Crippen LogP contribution in [-0.4, -0.2) is 20.9 Å². The molecule has 0 unspecified atom stereocenters. The summed E-state index contributed by atoms with van der Waals surface area (Å²) in [5.74, 6) is -0.452. The number of anilines is 1. The fourth-order valence-electron chi connectivity index (χ4n) is 2.04. The highest BCUT2D eigenvalue weighted by Gasteiger charge is 2.21. The number of nitrogen functional groups attached to an aromatic ring is 1. The Morgan fingerprint density at radius 1 is 1.35 bits per heavy atom. The number of hydrogen-bond donors (Lipinski definition) is 2. The minimum absolute atomic E-state index is 0.113. The summed E-state index contributed by atoms with van der Waals surface area (Å²) in [6.45, 7) is 7.93. The van der Waals surface area contributed by atoms with Gasteiger partial charge in [-0.25, -0.2) is 9.48 Å². The summed E-state index contributed by atoms with van der Waals surface area (Å²) >= 11 is 0. The van der Waals surface area contributed by atoms with Crippen LogP contribution in [0.1, 0.15) is 42.4 Å². The van der Waals surface area contributed by atoms with Crippen LogP contribution in [0.2, 0.25) is 0 Å². The Balaban J connectivity index is 2.61. The molecule has 0 aliphatic heterocycles. The first kappa shape index (κ1) is 14.1. The highest BCUT2D eigenvalue weighted by molar-refractivity contribution is 5.90. The van der Waals surface area contributed by atoms with Crippen molar-refractivity contribution in [1.82, 2.24) is 9.78 Å². The van der Waals surface area contributed by atoms with Gasteiger partial charge in [-0.05, 0) is 24.6 Å². The Hall–Kier alpha value is -2.30. The van der Waals surface area contributed by atoms with E-state index in [2.05, 4.69) is 25.9 Å². The van der Waals surface area contributed by atoms with Crippen LogP contribution in [0.15, 0.2) is 24.3 Å². The van der Waals surface area contributed by atoms with Gasteiger partial charge in [-0.15, -0.1) is 0 Å². The number of rotatable bonds is 2. The lowest BCUT2D eigenvalue weighted by Crippen LogP contribution is -2.13. The van der Waals surface area contributed by atoms with E-state index in [0.717, 1.165) is 5.69 Å². The molecule has 2 aromatic rings. The van der Waals surface area contributed by atoms with Crippen LogP contribution < -0.4 is 5.73 Å². The monoisotopic (exact) mass is 273 g/mol. The number of aromatic nitrogens is 2. The molecule has 0 saturated heterocycles. The van der Waals surface area contributed by atoms with Crippen LogP contribution in [-0.2, 0) is 5.41 Å². The van der Waals surface area contributed by atoms with Crippen LogP contribution in [0.25, 0.3) is 5.69 Å². The first-order valence-electron chi connectivity index (χ1n) is 6.41. The van der Waals surface area contributed by atoms with E-state index in [1.54, 1.807) is 23.7 Å². The number of nitrogens with zero attached hydrogens (tertiary/aromatic N) is 2. The average molecular weight is 273 g/mol. The molecular formula is C15H19N3O2. The van der Waals surface area contributed by atoms with Crippen molar-refractivity contribution < 1.29 is 9.90 Å². The van der Waals surface area contributed by atoms with Crippen molar-refractivity contribution in [2.45, 2.75) is 33.1 Å². The SMILES string of the molecule is Cc1c(C(=O)O)cccc1-n1nc(C(C)(C)C)cc1N. The molecule has 1 heterocycles. The van der Waals surface area contributed by atoms with Gasteiger partial charge in [-0.3, -0.25) is 0 Å². The maximum atomic E-state index is 11.2. The number of benzene rings is 1. The van der Waals surface area contributed by atoms with Gasteiger partial charge < -0.3 is 10.8 Å². The Morgan fingerprint density at radius 2 is 2.00 bits per heavy atom. The summed E-state index contributed by atoms with van der Waals surface area (Å²) in [7, 11) is 0. The summed E-state index contributed by atoms with van der Waals surface area (Å²) in [5, 5.41) is 13.7. The zero-order valence-electron chi connectivity index (χ0n) is 12.1. The van der Waals surface area contributed by atoms with Crippen molar-refractivity contribution in [3.05, 3.63) is 41.1 Å². The molecule has 20 heavy (non-hydrogen) atoms. The summed E-state index contributed by atoms with van der Waals surface area (Å²) in [5.41, 5.74) is 8.38. The van der Waals surface area contributed by atoms with Crippen LogP contribution in [0, 0.1) is 6.92 Å². The van der Waals surface area contributed by atoms with Crippen molar-refractivity contribution in [1.29, 1.82) is 0 Å². The molecule has 0 aliphatic carbocycles. The molecule has 3 N–H and O–H groups in total. The third-order valence-corrected chi connectivity index (χ3v) is 3.27. The molecule has 0 saturated carbocycles. The zero-order valence-corrected chi connectivity index (χ0v) is 12.1. The van der Waals surface area contributed by atoms with Crippen molar-refractivity contribution in [3.63, 3.8) is 0 Å². The number of carboxylic acid groups (broad SMARTS) is 1. The molecule has 0 fully saturated rings. The second-order valence-electron chi connectivity index (χ2n) is 5.87. The molecule has 0 atom stereocenters. The lowest BCUT2D eigenvalue weighted by Gasteiger charge is -2.14. The standard InChI is InChI=1S/C15H19N3O2/c1-9-10(14(19)20)6-5-7-11(9)18-13(16)8-12(17-18)15(2,3)4/h5-8H,16H2,1-4H3,(H,19,20). The largest absolute Gasteiger partial charge is 0.478 e. The van der Waals surface area contributed by atoms with Gasteiger partial charge >= 0.3 is 5.97 Å². The molecule has 0 aliphatic rings. The highest BCUT2D eigenvalue weighted by atomic mass is 16.4. The number of hydrogen-bond acceptors (Lipinski definition) is 3. The smallest absolute Gasteiger partial charge is 0.336 e. The molecule has 106 valence electrons. The average Bonchev–Trinajstić information content (AvgIpc) is 2.71. The van der Waals surface area contributed by atoms with Crippen LogP contribution in [0.5, 0.6) is 0 Å². The van der Waals surface area contributed by atoms with Gasteiger partial charge in [0.1, 0.15) is 5.82 Å². The van der Waals surface area contributed by atoms with Gasteiger partial charge in [0.15, 0.2) is 0 Å². The van der Waals surface area contributed by atoms with Gasteiger partial charge in [0.2, 0.25) is 0 Å². The maximum Gasteiger partial charge on any atom is 0.336 e. The predicted octanol–water partition coefficient (Wildman–Crippen LogP) is 2.76. The fourth-order valence-corrected chi connectivity index (χ4v) is 2.04. The molecule has 5 heteroatoms. The van der Waals surface area contributed by atoms with Crippen LogP contribution >= 0.6 is 0 Å². The van der Waals surface area contributed by atoms with Gasteiger partial charge in [0, 0.05) is 11.5 Å². The fraction of sp³-hybridized carbons (Fsp3) is 0.333. The minimum Gasteiger partial charge on any atom is -0.478 e. The molecule has 0 spiro atoms. The topological polar surface area (TPSA) is 81.1 Å². The van der Waals surface area contributed by atoms with E-state index in [9.17, 15) is 9.90 Å². The quantitative estimate of drug-likeness (QED) is 0.881. The maximum absolute atomic E-state index is 11.2. The predicted molar refractivity (Wildman–Crippen MR) is 78.4 cm³/mol. The summed E-state index contributed by atoms with van der Waals surface area (Å²) in [6, 6.07) is 6.92. The van der Waals surface area contributed by atoms with E-state index in [0.29, 0.717) is 17.1 Å². The Kier molecular flexibility index (Phi) is 3.29. The Labute approximate surface area is 118 Å². The highest BCUT2D eigenvalue weighted by Crippen LogP contribution is 2.26. The molecule has 1 aromatic carbocycles. The van der Waals surface area contributed by atoms with E-state index >= 15 is 0 Å². The van der Waals surface area contributed by atoms with E-state index in [1.165, 1.54) is 0 Å². The molecule has 0 bridgehead atoms. The minimum atomic E-state index is -0.953. The van der Waals surface area contributed by atoms with Crippen molar-refractivity contribution >= 4 is 11.8 Å². The third-order valence-electron chi connectivity index (χ3n) is 3.27. The summed E-state index contributed by atoms with van der Waals surface area (Å²) in [6.07, 6.45) is 0. The second kappa shape index (κ2) is 4.67. The Bertz CT molecular complexity index is 666. The normalized spacial score (nSPS) is 11.6. The summed E-state index contributed by atoms with van der Waals surface area (Å²) in [4.78, 5) is 11.2. The number of aromatic carboxylic acids is 1. The first-order chi connectivity index (χ1) is 9.21. The number of carbonyl (C=O) groups is 1. The van der Waals surface area contributed by atoms with Crippen molar-refractivity contribution in [2.75, 3.05) is 5.73 Å². The van der Waals surface area contributed by atoms with Gasteiger partial charge in [0.25, 0.3) is 0 Å². The third kappa shape index (κ3) is 2.39. The zero-order chi connectivity index (χ0) is 15.1.